The van der Waals surface area contributed by atoms with Crippen LogP contribution in [0.5, 0.6) is 0 Å². The zero-order valence-electron chi connectivity index (χ0n) is 8.87. The number of nitrogens with zero attached hydrogens (tertiary/aromatic N) is 1. The number of H-pyrrole nitrogens is 1. The van der Waals surface area contributed by atoms with Crippen molar-refractivity contribution in [2.24, 2.45) is 5.41 Å². The third-order valence-corrected chi connectivity index (χ3v) is 2.36. The maximum absolute atomic E-state index is 12.2. The second kappa shape index (κ2) is 4.70. The molecule has 0 spiro atoms. The van der Waals surface area contributed by atoms with Gasteiger partial charge in [0, 0.05) is 18.2 Å². The minimum atomic E-state index is -2.34. The summed E-state index contributed by atoms with van der Waals surface area (Å²) in [6.07, 6.45) is 0.0967. The Kier molecular flexibility index (Phi) is 3.79. The molecule has 1 aromatic rings. The Labute approximate surface area is 87.5 Å². The highest BCUT2D eigenvalue weighted by molar-refractivity contribution is 5.07. The van der Waals surface area contributed by atoms with Crippen LogP contribution in [0.3, 0.4) is 0 Å². The van der Waals surface area contributed by atoms with Gasteiger partial charge in [-0.05, 0) is 11.8 Å². The van der Waals surface area contributed by atoms with Gasteiger partial charge in [0.15, 0.2) is 0 Å². The summed E-state index contributed by atoms with van der Waals surface area (Å²) in [5.74, 6) is 0. The molecule has 2 N–H and O–H groups in total. The summed E-state index contributed by atoms with van der Waals surface area (Å²) in [6.45, 7) is 3.45. The van der Waals surface area contributed by atoms with Crippen molar-refractivity contribution in [3.63, 3.8) is 0 Å². The number of aliphatic hydroxyl groups excluding tert-OH is 1. The van der Waals surface area contributed by atoms with Crippen molar-refractivity contribution in [2.75, 3.05) is 0 Å². The predicted octanol–water partition coefficient (Wildman–Crippen LogP) is 2.51. The van der Waals surface area contributed by atoms with Gasteiger partial charge in [-0.1, -0.05) is 13.8 Å². The SMILES string of the molecule is CC(C)(CC(F)F)CC(O)c1cn[nH]c1. The molecule has 15 heavy (non-hydrogen) atoms. The number of nitrogens with one attached hydrogen (secondary N) is 1. The summed E-state index contributed by atoms with van der Waals surface area (Å²) in [6, 6.07) is 0. The fraction of sp³-hybridized carbons (Fsp3) is 0.700. The van der Waals surface area contributed by atoms with Crippen LogP contribution in [0.1, 0.15) is 38.4 Å². The van der Waals surface area contributed by atoms with Crippen LogP contribution in [0, 0.1) is 5.41 Å². The van der Waals surface area contributed by atoms with E-state index in [0.717, 1.165) is 0 Å². The van der Waals surface area contributed by atoms with E-state index in [1.54, 1.807) is 20.0 Å². The molecule has 0 bridgehead atoms. The molecule has 5 heteroatoms. The third-order valence-electron chi connectivity index (χ3n) is 2.36. The van der Waals surface area contributed by atoms with Crippen molar-refractivity contribution in [3.05, 3.63) is 18.0 Å². The first-order valence-corrected chi connectivity index (χ1v) is 4.85. The molecule has 0 aliphatic heterocycles. The van der Waals surface area contributed by atoms with Gasteiger partial charge >= 0.3 is 0 Å². The summed E-state index contributed by atoms with van der Waals surface area (Å²) in [4.78, 5) is 0. The Morgan fingerprint density at radius 1 is 1.47 bits per heavy atom. The van der Waals surface area contributed by atoms with Crippen molar-refractivity contribution in [1.82, 2.24) is 10.2 Å². The minimum Gasteiger partial charge on any atom is -0.388 e. The van der Waals surface area contributed by atoms with E-state index in [4.69, 9.17) is 0 Å². The molecule has 1 heterocycles. The van der Waals surface area contributed by atoms with Crippen LogP contribution in [0.15, 0.2) is 12.4 Å². The molecule has 0 aromatic carbocycles. The molecular weight excluding hydrogens is 202 g/mol. The van der Waals surface area contributed by atoms with Gasteiger partial charge in [0.1, 0.15) is 0 Å². The van der Waals surface area contributed by atoms with Gasteiger partial charge in [-0.25, -0.2) is 8.78 Å². The zero-order valence-corrected chi connectivity index (χ0v) is 8.87. The second-order valence-electron chi connectivity index (χ2n) is 4.51. The van der Waals surface area contributed by atoms with Gasteiger partial charge in [-0.2, -0.15) is 5.10 Å². The summed E-state index contributed by atoms with van der Waals surface area (Å²) in [5, 5.41) is 16.0. The Bertz CT molecular complexity index is 286. The van der Waals surface area contributed by atoms with Crippen molar-refractivity contribution < 1.29 is 13.9 Å². The summed E-state index contributed by atoms with van der Waals surface area (Å²) < 4.78 is 24.4. The summed E-state index contributed by atoms with van der Waals surface area (Å²) in [7, 11) is 0. The molecule has 0 aliphatic rings. The maximum Gasteiger partial charge on any atom is 0.239 e. The molecule has 0 fully saturated rings. The van der Waals surface area contributed by atoms with Crippen LogP contribution in [0.4, 0.5) is 8.78 Å². The highest BCUT2D eigenvalue weighted by Gasteiger charge is 2.27. The van der Waals surface area contributed by atoms with E-state index in [-0.39, 0.29) is 6.42 Å². The van der Waals surface area contributed by atoms with E-state index < -0.39 is 17.9 Å². The lowest BCUT2D eigenvalue weighted by atomic mass is 9.82. The number of alkyl halides is 2. The molecule has 0 amide bonds. The smallest absolute Gasteiger partial charge is 0.239 e. The van der Waals surface area contributed by atoms with Gasteiger partial charge in [0.25, 0.3) is 0 Å². The van der Waals surface area contributed by atoms with E-state index in [9.17, 15) is 13.9 Å². The van der Waals surface area contributed by atoms with Crippen molar-refractivity contribution in [3.8, 4) is 0 Å². The molecule has 0 saturated carbocycles. The first kappa shape index (κ1) is 12.1. The van der Waals surface area contributed by atoms with Crippen LogP contribution in [-0.2, 0) is 0 Å². The highest BCUT2D eigenvalue weighted by atomic mass is 19.3. The predicted molar refractivity (Wildman–Crippen MR) is 52.6 cm³/mol. The molecule has 1 atom stereocenters. The summed E-state index contributed by atoms with van der Waals surface area (Å²) >= 11 is 0. The zero-order chi connectivity index (χ0) is 11.5. The molecular formula is C10H16F2N2O. The fourth-order valence-electron chi connectivity index (χ4n) is 1.59. The van der Waals surface area contributed by atoms with Crippen molar-refractivity contribution in [1.29, 1.82) is 0 Å². The van der Waals surface area contributed by atoms with E-state index in [0.29, 0.717) is 12.0 Å². The molecule has 1 rings (SSSR count). The van der Waals surface area contributed by atoms with E-state index in [1.807, 2.05) is 0 Å². The van der Waals surface area contributed by atoms with Crippen molar-refractivity contribution >= 4 is 0 Å². The van der Waals surface area contributed by atoms with Crippen LogP contribution in [0.25, 0.3) is 0 Å². The average molecular weight is 218 g/mol. The minimum absolute atomic E-state index is 0.206. The normalized spacial score (nSPS) is 14.5. The number of rotatable bonds is 5. The van der Waals surface area contributed by atoms with Gasteiger partial charge in [-0.3, -0.25) is 5.10 Å². The number of hydrogen-bond donors (Lipinski definition) is 2. The Morgan fingerprint density at radius 3 is 2.60 bits per heavy atom. The first-order chi connectivity index (χ1) is 6.91. The molecule has 1 unspecified atom stereocenters. The quantitative estimate of drug-likeness (QED) is 0.797. The monoisotopic (exact) mass is 218 g/mol. The first-order valence-electron chi connectivity index (χ1n) is 4.85. The van der Waals surface area contributed by atoms with Crippen molar-refractivity contribution in [2.45, 2.75) is 39.2 Å². The number of aliphatic hydroxyl groups is 1. The molecule has 86 valence electrons. The lowest BCUT2D eigenvalue weighted by Crippen LogP contribution is -2.19. The number of halogens is 2. The standard InChI is InChI=1S/C10H16F2N2O/c1-10(2,4-9(11)12)3-8(15)7-5-13-14-6-7/h5-6,8-9,15H,3-4H2,1-2H3,(H,13,14). The van der Waals surface area contributed by atoms with Gasteiger partial charge in [0.2, 0.25) is 6.43 Å². The second-order valence-corrected chi connectivity index (χ2v) is 4.51. The van der Waals surface area contributed by atoms with Crippen LogP contribution in [0.2, 0.25) is 0 Å². The van der Waals surface area contributed by atoms with E-state index in [2.05, 4.69) is 10.2 Å². The maximum atomic E-state index is 12.2. The molecule has 1 aromatic heterocycles. The average Bonchev–Trinajstić information content (AvgIpc) is 2.50. The Morgan fingerprint density at radius 2 is 2.13 bits per heavy atom. The van der Waals surface area contributed by atoms with Gasteiger partial charge in [-0.15, -0.1) is 0 Å². The molecule has 0 saturated heterocycles. The van der Waals surface area contributed by atoms with E-state index in [1.165, 1.54) is 6.20 Å². The van der Waals surface area contributed by atoms with Crippen LogP contribution < -0.4 is 0 Å². The Hall–Kier alpha value is -0.970. The molecule has 0 aliphatic carbocycles. The molecule has 3 nitrogen and oxygen atoms in total. The third kappa shape index (κ3) is 3.95. The van der Waals surface area contributed by atoms with Gasteiger partial charge in [0.05, 0.1) is 12.3 Å². The topological polar surface area (TPSA) is 48.9 Å². The number of aromatic amines is 1. The van der Waals surface area contributed by atoms with Gasteiger partial charge < -0.3 is 5.11 Å². The lowest BCUT2D eigenvalue weighted by molar-refractivity contribution is 0.0501. The van der Waals surface area contributed by atoms with Crippen LogP contribution >= 0.6 is 0 Å². The fourth-order valence-corrected chi connectivity index (χ4v) is 1.59. The van der Waals surface area contributed by atoms with Crippen LogP contribution in [-0.4, -0.2) is 21.7 Å². The lowest BCUT2D eigenvalue weighted by Gasteiger charge is -2.26. The largest absolute Gasteiger partial charge is 0.388 e. The Balaban J connectivity index is 2.53. The van der Waals surface area contributed by atoms with E-state index >= 15 is 0 Å². The number of aromatic nitrogens is 2. The molecule has 0 radical (unpaired) electrons. The summed E-state index contributed by atoms with van der Waals surface area (Å²) in [5.41, 5.74) is 0.0579. The number of hydrogen-bond acceptors (Lipinski definition) is 2. The highest BCUT2D eigenvalue weighted by Crippen LogP contribution is 2.34.